The van der Waals surface area contributed by atoms with E-state index in [4.69, 9.17) is 5.73 Å². The fourth-order valence-electron chi connectivity index (χ4n) is 3.52. The molecule has 4 nitrogen and oxygen atoms in total. The van der Waals surface area contributed by atoms with Crippen LogP contribution in [0, 0.1) is 6.92 Å². The van der Waals surface area contributed by atoms with Gasteiger partial charge in [-0.05, 0) is 41.3 Å². The molecule has 0 aliphatic rings. The Balaban J connectivity index is 1.58. The van der Waals surface area contributed by atoms with Crippen molar-refractivity contribution in [2.24, 2.45) is 5.73 Å². The van der Waals surface area contributed by atoms with Crippen LogP contribution in [-0.2, 0) is 13.1 Å². The Hall–Kier alpha value is -2.95. The van der Waals surface area contributed by atoms with Crippen LogP contribution in [0.15, 0.2) is 73.1 Å². The topological polar surface area (TPSA) is 55.9 Å². The van der Waals surface area contributed by atoms with Gasteiger partial charge in [0.25, 0.3) is 0 Å². The SMILES string of the molecule is Cc1cccc(Cn2cnc3ccc(-c4ccc(CNCCN)cc4)cc32)c1. The summed E-state index contributed by atoms with van der Waals surface area (Å²) in [4.78, 5) is 4.57. The first kappa shape index (κ1) is 18.4. The monoisotopic (exact) mass is 370 g/mol. The van der Waals surface area contributed by atoms with Crippen molar-refractivity contribution in [1.29, 1.82) is 0 Å². The maximum Gasteiger partial charge on any atom is 0.0961 e. The number of rotatable bonds is 7. The van der Waals surface area contributed by atoms with Gasteiger partial charge in [-0.15, -0.1) is 0 Å². The first-order valence-corrected chi connectivity index (χ1v) is 9.73. The summed E-state index contributed by atoms with van der Waals surface area (Å²) >= 11 is 0. The molecule has 0 unspecified atom stereocenters. The van der Waals surface area contributed by atoms with Gasteiger partial charge in [-0.3, -0.25) is 0 Å². The highest BCUT2D eigenvalue weighted by Gasteiger charge is 2.06. The molecule has 4 heteroatoms. The zero-order valence-corrected chi connectivity index (χ0v) is 16.2. The molecule has 0 saturated carbocycles. The van der Waals surface area contributed by atoms with Crippen molar-refractivity contribution in [2.75, 3.05) is 13.1 Å². The van der Waals surface area contributed by atoms with E-state index in [9.17, 15) is 0 Å². The second-order valence-electron chi connectivity index (χ2n) is 7.23. The molecule has 0 aliphatic carbocycles. The quantitative estimate of drug-likeness (QED) is 0.481. The van der Waals surface area contributed by atoms with Crippen LogP contribution in [0.5, 0.6) is 0 Å². The number of fused-ring (bicyclic) bond motifs is 1. The Kier molecular flexibility index (Phi) is 5.51. The van der Waals surface area contributed by atoms with Crippen LogP contribution in [0.25, 0.3) is 22.2 Å². The van der Waals surface area contributed by atoms with E-state index >= 15 is 0 Å². The average Bonchev–Trinajstić information content (AvgIpc) is 3.11. The number of hydrogen-bond acceptors (Lipinski definition) is 3. The molecule has 1 heterocycles. The van der Waals surface area contributed by atoms with E-state index in [1.807, 2.05) is 6.33 Å². The molecular weight excluding hydrogens is 344 g/mol. The van der Waals surface area contributed by atoms with Crippen molar-refractivity contribution in [3.05, 3.63) is 89.7 Å². The normalized spacial score (nSPS) is 11.2. The van der Waals surface area contributed by atoms with Gasteiger partial charge in [0.2, 0.25) is 0 Å². The van der Waals surface area contributed by atoms with Gasteiger partial charge in [-0.25, -0.2) is 4.98 Å². The summed E-state index contributed by atoms with van der Waals surface area (Å²) in [5, 5.41) is 3.33. The highest BCUT2D eigenvalue weighted by Crippen LogP contribution is 2.25. The van der Waals surface area contributed by atoms with Crippen LogP contribution < -0.4 is 11.1 Å². The minimum absolute atomic E-state index is 0.661. The molecule has 3 N–H and O–H groups in total. The second kappa shape index (κ2) is 8.38. The molecule has 1 aromatic heterocycles. The van der Waals surface area contributed by atoms with Gasteiger partial charge < -0.3 is 15.6 Å². The molecule has 4 rings (SSSR count). The summed E-state index contributed by atoms with van der Waals surface area (Å²) in [7, 11) is 0. The van der Waals surface area contributed by atoms with E-state index in [0.29, 0.717) is 6.54 Å². The molecule has 0 bridgehead atoms. The molecule has 0 amide bonds. The third-order valence-corrected chi connectivity index (χ3v) is 4.99. The number of nitrogens with two attached hydrogens (primary N) is 1. The largest absolute Gasteiger partial charge is 0.329 e. The van der Waals surface area contributed by atoms with E-state index in [-0.39, 0.29) is 0 Å². The Morgan fingerprint density at radius 2 is 1.75 bits per heavy atom. The lowest BCUT2D eigenvalue weighted by Crippen LogP contribution is -2.21. The Bertz CT molecular complexity index is 1060. The molecule has 0 atom stereocenters. The first-order chi connectivity index (χ1) is 13.7. The van der Waals surface area contributed by atoms with Crippen molar-refractivity contribution in [3.8, 4) is 11.1 Å². The van der Waals surface area contributed by atoms with Gasteiger partial charge in [0.05, 0.1) is 17.4 Å². The smallest absolute Gasteiger partial charge is 0.0961 e. The Morgan fingerprint density at radius 3 is 2.54 bits per heavy atom. The summed E-state index contributed by atoms with van der Waals surface area (Å²) in [6.45, 7) is 5.30. The first-order valence-electron chi connectivity index (χ1n) is 9.73. The van der Waals surface area contributed by atoms with Gasteiger partial charge in [-0.1, -0.05) is 60.2 Å². The van der Waals surface area contributed by atoms with Gasteiger partial charge in [0, 0.05) is 26.2 Å². The van der Waals surface area contributed by atoms with Gasteiger partial charge in [-0.2, -0.15) is 0 Å². The van der Waals surface area contributed by atoms with Crippen LogP contribution in [0.3, 0.4) is 0 Å². The predicted molar refractivity (Wildman–Crippen MR) is 116 cm³/mol. The molecule has 3 aromatic carbocycles. The third-order valence-electron chi connectivity index (χ3n) is 4.99. The highest BCUT2D eigenvalue weighted by molar-refractivity contribution is 5.82. The van der Waals surface area contributed by atoms with Crippen molar-refractivity contribution >= 4 is 11.0 Å². The summed E-state index contributed by atoms with van der Waals surface area (Å²) in [5.41, 5.74) is 14.0. The summed E-state index contributed by atoms with van der Waals surface area (Å²) in [6.07, 6.45) is 1.93. The molecule has 142 valence electrons. The van der Waals surface area contributed by atoms with Crippen molar-refractivity contribution in [3.63, 3.8) is 0 Å². The maximum atomic E-state index is 5.53. The number of aromatic nitrogens is 2. The van der Waals surface area contributed by atoms with Crippen LogP contribution >= 0.6 is 0 Å². The van der Waals surface area contributed by atoms with E-state index in [1.165, 1.54) is 27.8 Å². The molecule has 0 radical (unpaired) electrons. The van der Waals surface area contributed by atoms with E-state index < -0.39 is 0 Å². The van der Waals surface area contributed by atoms with Crippen molar-refractivity contribution in [1.82, 2.24) is 14.9 Å². The minimum atomic E-state index is 0.661. The van der Waals surface area contributed by atoms with E-state index in [2.05, 4.69) is 88.5 Å². The minimum Gasteiger partial charge on any atom is -0.329 e. The molecule has 0 aliphatic heterocycles. The molecule has 0 saturated heterocycles. The van der Waals surface area contributed by atoms with Gasteiger partial charge in [0.15, 0.2) is 0 Å². The number of aryl methyl sites for hydroxylation is 1. The third kappa shape index (κ3) is 4.14. The molecule has 0 fully saturated rings. The zero-order chi connectivity index (χ0) is 19.3. The fraction of sp³-hybridized carbons (Fsp3) is 0.208. The number of benzene rings is 3. The molecule has 28 heavy (non-hydrogen) atoms. The number of hydrogen-bond donors (Lipinski definition) is 2. The fourth-order valence-corrected chi connectivity index (χ4v) is 3.52. The van der Waals surface area contributed by atoms with Crippen LogP contribution in [0.2, 0.25) is 0 Å². The van der Waals surface area contributed by atoms with Crippen molar-refractivity contribution in [2.45, 2.75) is 20.0 Å². The number of imidazole rings is 1. The molecule has 4 aromatic rings. The second-order valence-corrected chi connectivity index (χ2v) is 7.23. The van der Waals surface area contributed by atoms with Crippen LogP contribution in [0.4, 0.5) is 0 Å². The standard InChI is InChI=1S/C24H26N4/c1-18-3-2-4-20(13-18)16-28-17-27-23-10-9-22(14-24(23)28)21-7-5-19(6-8-21)15-26-12-11-25/h2-10,13-14,17,26H,11-12,15-16,25H2,1H3. The lowest BCUT2D eigenvalue weighted by Gasteiger charge is -2.08. The Labute approximate surface area is 166 Å². The molecular formula is C24H26N4. The Morgan fingerprint density at radius 1 is 0.929 bits per heavy atom. The van der Waals surface area contributed by atoms with Gasteiger partial charge >= 0.3 is 0 Å². The van der Waals surface area contributed by atoms with E-state index in [1.54, 1.807) is 0 Å². The van der Waals surface area contributed by atoms with E-state index in [0.717, 1.165) is 30.7 Å². The van der Waals surface area contributed by atoms with Crippen LogP contribution in [0.1, 0.15) is 16.7 Å². The summed E-state index contributed by atoms with van der Waals surface area (Å²) < 4.78 is 2.22. The number of nitrogens with one attached hydrogen (secondary N) is 1. The lowest BCUT2D eigenvalue weighted by molar-refractivity contribution is 0.695. The zero-order valence-electron chi connectivity index (χ0n) is 16.2. The lowest BCUT2D eigenvalue weighted by atomic mass is 10.0. The van der Waals surface area contributed by atoms with Gasteiger partial charge in [0.1, 0.15) is 0 Å². The van der Waals surface area contributed by atoms with Crippen LogP contribution in [-0.4, -0.2) is 22.6 Å². The predicted octanol–water partition coefficient (Wildman–Crippen LogP) is 4.11. The number of nitrogens with zero attached hydrogens (tertiary/aromatic N) is 2. The van der Waals surface area contributed by atoms with Crippen molar-refractivity contribution < 1.29 is 0 Å². The summed E-state index contributed by atoms with van der Waals surface area (Å²) in [6, 6.07) is 23.8. The average molecular weight is 371 g/mol. The molecule has 0 spiro atoms. The highest BCUT2D eigenvalue weighted by atomic mass is 15.0. The maximum absolute atomic E-state index is 5.53. The summed E-state index contributed by atoms with van der Waals surface area (Å²) in [5.74, 6) is 0.